The lowest BCUT2D eigenvalue weighted by atomic mass is 9.86. The fourth-order valence-electron chi connectivity index (χ4n) is 4.32. The second kappa shape index (κ2) is 12.3. The first-order chi connectivity index (χ1) is 16.5. The van der Waals surface area contributed by atoms with Crippen LogP contribution in [0.4, 0.5) is 5.82 Å². The molecule has 1 saturated carbocycles. The largest absolute Gasteiger partial charge is 0.393 e. The zero-order valence-electron chi connectivity index (χ0n) is 20.8. The summed E-state index contributed by atoms with van der Waals surface area (Å²) in [5.41, 5.74) is 4.88. The Balaban J connectivity index is 1.98. The molecule has 1 aliphatic rings. The first kappa shape index (κ1) is 25.4. The molecule has 180 valence electrons. The minimum Gasteiger partial charge on any atom is -0.393 e. The Morgan fingerprint density at radius 3 is 2.74 bits per heavy atom. The van der Waals surface area contributed by atoms with Crippen molar-refractivity contribution in [1.82, 2.24) is 14.9 Å². The Morgan fingerprint density at radius 1 is 1.26 bits per heavy atom. The number of rotatable bonds is 9. The van der Waals surface area contributed by atoms with Gasteiger partial charge >= 0.3 is 0 Å². The molecular weight excluding hydrogens is 422 g/mol. The van der Waals surface area contributed by atoms with Crippen molar-refractivity contribution in [3.63, 3.8) is 0 Å². The molecule has 34 heavy (non-hydrogen) atoms. The monoisotopic (exact) mass is 459 g/mol. The molecule has 0 radical (unpaired) electrons. The lowest BCUT2D eigenvalue weighted by molar-refractivity contribution is 0.0763. The molecule has 0 bridgehead atoms. The normalized spacial score (nSPS) is 19.3. The van der Waals surface area contributed by atoms with Gasteiger partial charge in [-0.25, -0.2) is 9.97 Å². The van der Waals surface area contributed by atoms with E-state index >= 15 is 0 Å². The number of aliphatic hydroxyl groups is 1. The van der Waals surface area contributed by atoms with E-state index in [-0.39, 0.29) is 12.0 Å². The Kier molecular flexibility index (Phi) is 9.16. The molecule has 1 fully saturated rings. The van der Waals surface area contributed by atoms with Crippen LogP contribution in [-0.2, 0) is 0 Å². The summed E-state index contributed by atoms with van der Waals surface area (Å²) in [5.74, 6) is 1.63. The standard InChI is InChI=1S/C28H37N5O/c1-6-20(16-29-3)25-18-31-27(32-28(25)30-17-24-11-8-9-14-26(24)34)23-13-10-12-22(15-23)21(7-2)19-33(4)5/h6-7,10,12-13,15-16,18-19,24,26,34H,2,8-9,11,14,17H2,1,3-5H3,(H,30,31,32)/b20-6+,21-19+,29-16?. The van der Waals surface area contributed by atoms with Crippen LogP contribution in [0.3, 0.4) is 0 Å². The van der Waals surface area contributed by atoms with Crippen LogP contribution >= 0.6 is 0 Å². The molecule has 1 aromatic heterocycles. The summed E-state index contributed by atoms with van der Waals surface area (Å²) in [4.78, 5) is 15.8. The highest BCUT2D eigenvalue weighted by Crippen LogP contribution is 2.29. The SMILES string of the molecule is C=C/C(=C\N(C)C)c1cccc(-c2ncc(/C(C=NC)=C/C)c(NCC3CCCCC3O)n2)c1. The van der Waals surface area contributed by atoms with E-state index in [1.165, 1.54) is 0 Å². The highest BCUT2D eigenvalue weighted by atomic mass is 16.3. The molecule has 2 aromatic rings. The van der Waals surface area contributed by atoms with Crippen molar-refractivity contribution in [3.05, 3.63) is 66.5 Å². The quantitative estimate of drug-likeness (QED) is 0.393. The maximum atomic E-state index is 10.4. The summed E-state index contributed by atoms with van der Waals surface area (Å²) in [5, 5.41) is 14.0. The highest BCUT2D eigenvalue weighted by Gasteiger charge is 2.23. The number of aliphatic imine (C=N–C) groups is 1. The first-order valence-corrected chi connectivity index (χ1v) is 12.0. The van der Waals surface area contributed by atoms with Crippen LogP contribution in [0, 0.1) is 5.92 Å². The summed E-state index contributed by atoms with van der Waals surface area (Å²) in [6.07, 6.45) is 13.5. The molecule has 6 nitrogen and oxygen atoms in total. The van der Waals surface area contributed by atoms with Crippen molar-refractivity contribution in [1.29, 1.82) is 0 Å². The van der Waals surface area contributed by atoms with Crippen LogP contribution < -0.4 is 5.32 Å². The molecule has 1 aromatic carbocycles. The third-order valence-electron chi connectivity index (χ3n) is 6.15. The summed E-state index contributed by atoms with van der Waals surface area (Å²) >= 11 is 0. The van der Waals surface area contributed by atoms with Gasteiger partial charge < -0.3 is 15.3 Å². The summed E-state index contributed by atoms with van der Waals surface area (Å²) < 4.78 is 0. The highest BCUT2D eigenvalue weighted by molar-refractivity contribution is 6.11. The molecule has 0 aliphatic heterocycles. The average molecular weight is 460 g/mol. The molecule has 1 heterocycles. The van der Waals surface area contributed by atoms with Crippen molar-refractivity contribution < 1.29 is 5.11 Å². The molecule has 0 saturated heterocycles. The number of hydrogen-bond donors (Lipinski definition) is 2. The molecule has 1 aliphatic carbocycles. The van der Waals surface area contributed by atoms with Gasteiger partial charge in [0.2, 0.25) is 0 Å². The van der Waals surface area contributed by atoms with Crippen LogP contribution in [0.25, 0.3) is 22.5 Å². The van der Waals surface area contributed by atoms with Crippen molar-refractivity contribution in [2.24, 2.45) is 10.9 Å². The molecule has 2 unspecified atom stereocenters. The van der Waals surface area contributed by atoms with Crippen LogP contribution in [0.1, 0.15) is 43.7 Å². The van der Waals surface area contributed by atoms with Gasteiger partial charge in [-0.05, 0) is 37.0 Å². The number of benzene rings is 1. The zero-order valence-corrected chi connectivity index (χ0v) is 20.8. The maximum Gasteiger partial charge on any atom is 0.161 e. The number of allylic oxidation sites excluding steroid dienone is 4. The van der Waals surface area contributed by atoms with Crippen LogP contribution in [0.2, 0.25) is 0 Å². The number of aromatic nitrogens is 2. The molecule has 3 rings (SSSR count). The Hall–Kier alpha value is -3.25. The number of nitrogens with one attached hydrogen (secondary N) is 1. The first-order valence-electron chi connectivity index (χ1n) is 12.0. The van der Waals surface area contributed by atoms with Gasteiger partial charge in [0.05, 0.1) is 6.10 Å². The van der Waals surface area contributed by atoms with Crippen molar-refractivity contribution in [3.8, 4) is 11.4 Å². The van der Waals surface area contributed by atoms with E-state index in [0.29, 0.717) is 12.4 Å². The Bertz CT molecular complexity index is 1070. The van der Waals surface area contributed by atoms with Gasteiger partial charge in [-0.2, -0.15) is 0 Å². The van der Waals surface area contributed by atoms with Gasteiger partial charge in [-0.3, -0.25) is 4.99 Å². The van der Waals surface area contributed by atoms with E-state index in [9.17, 15) is 5.11 Å². The summed E-state index contributed by atoms with van der Waals surface area (Å²) in [7, 11) is 5.75. The lowest BCUT2D eigenvalue weighted by Gasteiger charge is -2.28. The van der Waals surface area contributed by atoms with E-state index in [2.05, 4.69) is 29.0 Å². The van der Waals surface area contributed by atoms with Gasteiger partial charge in [-0.15, -0.1) is 0 Å². The van der Waals surface area contributed by atoms with E-state index in [4.69, 9.17) is 9.97 Å². The van der Waals surface area contributed by atoms with Crippen LogP contribution in [0.5, 0.6) is 0 Å². The smallest absolute Gasteiger partial charge is 0.161 e. The third kappa shape index (κ3) is 6.41. The average Bonchev–Trinajstić information content (AvgIpc) is 2.85. The Morgan fingerprint density at radius 2 is 2.06 bits per heavy atom. The number of hydrogen-bond acceptors (Lipinski definition) is 6. The van der Waals surface area contributed by atoms with E-state index in [1.807, 2.05) is 68.8 Å². The summed E-state index contributed by atoms with van der Waals surface area (Å²) in [6.45, 7) is 6.63. The van der Waals surface area contributed by atoms with Gasteiger partial charge in [0.25, 0.3) is 0 Å². The predicted octanol–water partition coefficient (Wildman–Crippen LogP) is 5.30. The number of nitrogens with zero attached hydrogens (tertiary/aromatic N) is 4. The molecular formula is C28H37N5O. The molecule has 2 atom stereocenters. The topological polar surface area (TPSA) is 73.6 Å². The van der Waals surface area contributed by atoms with Crippen molar-refractivity contribution >= 4 is 23.2 Å². The Labute approximate surface area is 203 Å². The van der Waals surface area contributed by atoms with Gasteiger partial charge in [-0.1, -0.05) is 49.8 Å². The third-order valence-corrected chi connectivity index (χ3v) is 6.15. The molecule has 2 N–H and O–H groups in total. The van der Waals surface area contributed by atoms with Gasteiger partial charge in [0.15, 0.2) is 5.82 Å². The molecule has 6 heteroatoms. The van der Waals surface area contributed by atoms with Crippen molar-refractivity contribution in [2.75, 3.05) is 33.0 Å². The minimum atomic E-state index is -0.262. The van der Waals surface area contributed by atoms with E-state index < -0.39 is 0 Å². The fraction of sp³-hybridized carbons (Fsp3) is 0.393. The number of anilines is 1. The summed E-state index contributed by atoms with van der Waals surface area (Å²) in [6, 6.07) is 8.19. The van der Waals surface area contributed by atoms with E-state index in [1.54, 1.807) is 7.05 Å². The van der Waals surface area contributed by atoms with Crippen LogP contribution in [0.15, 0.2) is 60.4 Å². The number of aliphatic hydroxyl groups excluding tert-OH is 1. The second-order valence-electron chi connectivity index (χ2n) is 8.91. The van der Waals surface area contributed by atoms with Crippen molar-refractivity contribution in [2.45, 2.75) is 38.7 Å². The van der Waals surface area contributed by atoms with Crippen LogP contribution in [-0.4, -0.2) is 60.0 Å². The van der Waals surface area contributed by atoms with Gasteiger partial charge in [0, 0.05) is 68.9 Å². The zero-order chi connectivity index (χ0) is 24.5. The second-order valence-corrected chi connectivity index (χ2v) is 8.91. The maximum absolute atomic E-state index is 10.4. The predicted molar refractivity (Wildman–Crippen MR) is 144 cm³/mol. The lowest BCUT2D eigenvalue weighted by Crippen LogP contribution is -2.30. The van der Waals surface area contributed by atoms with E-state index in [0.717, 1.165) is 59.3 Å². The minimum absolute atomic E-state index is 0.226. The molecule has 0 spiro atoms. The van der Waals surface area contributed by atoms with Gasteiger partial charge in [0.1, 0.15) is 5.82 Å². The molecule has 0 amide bonds. The fourth-order valence-corrected chi connectivity index (χ4v) is 4.32.